The number of hydrogen-bond donors (Lipinski definition) is 3. The summed E-state index contributed by atoms with van der Waals surface area (Å²) >= 11 is 0. The van der Waals surface area contributed by atoms with Gasteiger partial charge in [-0.3, -0.25) is 0 Å². The smallest absolute Gasteiger partial charge is 0.0563 e. The van der Waals surface area contributed by atoms with Gasteiger partial charge in [0.05, 0.1) is 5.54 Å². The van der Waals surface area contributed by atoms with Gasteiger partial charge >= 0.3 is 0 Å². The van der Waals surface area contributed by atoms with E-state index in [9.17, 15) is 0 Å². The van der Waals surface area contributed by atoms with Crippen molar-refractivity contribution in [3.05, 3.63) is 35.4 Å². The van der Waals surface area contributed by atoms with Crippen LogP contribution in [0.3, 0.4) is 0 Å². The second-order valence-electron chi connectivity index (χ2n) is 5.35. The van der Waals surface area contributed by atoms with Crippen molar-refractivity contribution < 1.29 is 5.11 Å². The lowest BCUT2D eigenvalue weighted by atomic mass is 9.76. The maximum Gasteiger partial charge on any atom is 0.0563 e. The second-order valence-corrected chi connectivity index (χ2v) is 5.35. The molecule has 3 heteroatoms. The van der Waals surface area contributed by atoms with E-state index in [2.05, 4.69) is 36.5 Å². The van der Waals surface area contributed by atoms with Crippen LogP contribution in [0.5, 0.6) is 0 Å². The van der Waals surface area contributed by atoms with Crippen LogP contribution in [0.2, 0.25) is 0 Å². The number of aliphatic hydroxyl groups excluding tert-OH is 1. The molecule has 0 aliphatic heterocycles. The van der Waals surface area contributed by atoms with Crippen LogP contribution in [-0.2, 0) is 12.0 Å². The topological polar surface area (TPSA) is 58.3 Å². The Bertz CT molecular complexity index is 394. The van der Waals surface area contributed by atoms with Crippen molar-refractivity contribution in [3.8, 4) is 0 Å². The molecule has 1 aromatic carbocycles. The van der Waals surface area contributed by atoms with Gasteiger partial charge in [-0.05, 0) is 43.7 Å². The maximum absolute atomic E-state index is 9.05. The highest BCUT2D eigenvalue weighted by Crippen LogP contribution is 2.35. The highest BCUT2D eigenvalue weighted by atomic mass is 16.3. The molecule has 2 unspecified atom stereocenters. The van der Waals surface area contributed by atoms with Crippen LogP contribution in [0.15, 0.2) is 24.3 Å². The molecule has 18 heavy (non-hydrogen) atoms. The monoisotopic (exact) mass is 248 g/mol. The molecule has 4 N–H and O–H groups in total. The Morgan fingerprint density at radius 3 is 2.94 bits per heavy atom. The minimum Gasteiger partial charge on any atom is -0.396 e. The van der Waals surface area contributed by atoms with Gasteiger partial charge in [0.1, 0.15) is 0 Å². The molecular formula is C15H24N2O. The average molecular weight is 248 g/mol. The first-order valence-corrected chi connectivity index (χ1v) is 6.89. The third-order valence-corrected chi connectivity index (χ3v) is 4.02. The van der Waals surface area contributed by atoms with E-state index in [1.54, 1.807) is 0 Å². The number of nitrogens with two attached hydrogens (primary N) is 1. The minimum atomic E-state index is -0.108. The average Bonchev–Trinajstić information content (AvgIpc) is 2.39. The van der Waals surface area contributed by atoms with Crippen LogP contribution in [0.4, 0.5) is 0 Å². The lowest BCUT2D eigenvalue weighted by Crippen LogP contribution is -2.53. The van der Waals surface area contributed by atoms with Crippen molar-refractivity contribution in [2.24, 2.45) is 5.73 Å². The highest BCUT2D eigenvalue weighted by Gasteiger charge is 2.35. The molecule has 0 saturated heterocycles. The molecule has 100 valence electrons. The van der Waals surface area contributed by atoms with Crippen molar-refractivity contribution in [1.82, 2.24) is 5.32 Å². The van der Waals surface area contributed by atoms with E-state index >= 15 is 0 Å². The second kappa shape index (κ2) is 5.83. The molecule has 0 aromatic heterocycles. The van der Waals surface area contributed by atoms with E-state index in [0.717, 1.165) is 19.3 Å². The van der Waals surface area contributed by atoms with Crippen molar-refractivity contribution >= 4 is 0 Å². The molecule has 1 aromatic rings. The zero-order chi connectivity index (χ0) is 13.0. The van der Waals surface area contributed by atoms with E-state index in [1.807, 2.05) is 0 Å². The lowest BCUT2D eigenvalue weighted by molar-refractivity contribution is 0.221. The summed E-state index contributed by atoms with van der Waals surface area (Å²) in [6.45, 7) is 2.95. The normalized spacial score (nSPS) is 24.6. The number of aryl methyl sites for hydroxylation is 1. The Morgan fingerprint density at radius 2 is 2.22 bits per heavy atom. The predicted molar refractivity (Wildman–Crippen MR) is 74.4 cm³/mol. The van der Waals surface area contributed by atoms with Crippen molar-refractivity contribution in [2.75, 3.05) is 13.2 Å². The summed E-state index contributed by atoms with van der Waals surface area (Å²) in [5.41, 5.74) is 8.73. The molecule has 0 fully saturated rings. The summed E-state index contributed by atoms with van der Waals surface area (Å²) in [6, 6.07) is 8.87. The fraction of sp³-hybridized carbons (Fsp3) is 0.600. The first kappa shape index (κ1) is 13.5. The number of nitrogens with one attached hydrogen (secondary N) is 1. The fourth-order valence-corrected chi connectivity index (χ4v) is 3.08. The van der Waals surface area contributed by atoms with Crippen LogP contribution < -0.4 is 11.1 Å². The van der Waals surface area contributed by atoms with Crippen molar-refractivity contribution in [3.63, 3.8) is 0 Å². The molecule has 3 nitrogen and oxygen atoms in total. The van der Waals surface area contributed by atoms with E-state index in [0.29, 0.717) is 6.54 Å². The summed E-state index contributed by atoms with van der Waals surface area (Å²) in [6.07, 6.45) is 4.17. The zero-order valence-electron chi connectivity index (χ0n) is 11.2. The largest absolute Gasteiger partial charge is 0.396 e. The van der Waals surface area contributed by atoms with Gasteiger partial charge in [0.15, 0.2) is 0 Å². The summed E-state index contributed by atoms with van der Waals surface area (Å²) in [5, 5.41) is 12.7. The first-order chi connectivity index (χ1) is 8.72. The van der Waals surface area contributed by atoms with Gasteiger partial charge in [-0.1, -0.05) is 24.3 Å². The first-order valence-electron chi connectivity index (χ1n) is 6.89. The summed E-state index contributed by atoms with van der Waals surface area (Å²) in [4.78, 5) is 0. The molecular weight excluding hydrogens is 224 g/mol. The number of aliphatic hydroxyl groups is 1. The van der Waals surface area contributed by atoms with E-state index in [1.165, 1.54) is 17.5 Å². The zero-order valence-corrected chi connectivity index (χ0v) is 11.2. The molecule has 0 radical (unpaired) electrons. The molecule has 0 bridgehead atoms. The highest BCUT2D eigenvalue weighted by molar-refractivity contribution is 5.36. The van der Waals surface area contributed by atoms with Gasteiger partial charge in [0, 0.05) is 19.2 Å². The van der Waals surface area contributed by atoms with Crippen LogP contribution >= 0.6 is 0 Å². The predicted octanol–water partition coefficient (Wildman–Crippen LogP) is 1.54. The van der Waals surface area contributed by atoms with Crippen molar-refractivity contribution in [2.45, 2.75) is 44.2 Å². The molecule has 0 heterocycles. The molecule has 1 aliphatic carbocycles. The number of benzene rings is 1. The van der Waals surface area contributed by atoms with Gasteiger partial charge < -0.3 is 16.2 Å². The maximum atomic E-state index is 9.05. The Kier molecular flexibility index (Phi) is 4.38. The molecule has 0 saturated carbocycles. The number of hydrogen-bond acceptors (Lipinski definition) is 3. The number of fused-ring (bicyclic) bond motifs is 1. The molecule has 1 aliphatic rings. The molecule has 2 atom stereocenters. The van der Waals surface area contributed by atoms with Gasteiger partial charge in [-0.25, -0.2) is 0 Å². The summed E-state index contributed by atoms with van der Waals surface area (Å²) in [7, 11) is 0. The Balaban J connectivity index is 2.27. The van der Waals surface area contributed by atoms with E-state index < -0.39 is 0 Å². The number of rotatable bonds is 5. The molecule has 0 spiro atoms. The van der Waals surface area contributed by atoms with Crippen LogP contribution in [0.1, 0.15) is 37.3 Å². The van der Waals surface area contributed by atoms with Crippen LogP contribution in [0, 0.1) is 0 Å². The third kappa shape index (κ3) is 2.58. The molecule has 2 rings (SSSR count). The minimum absolute atomic E-state index is 0.108. The van der Waals surface area contributed by atoms with E-state index in [-0.39, 0.29) is 18.2 Å². The van der Waals surface area contributed by atoms with Gasteiger partial charge in [0.25, 0.3) is 0 Å². The summed E-state index contributed by atoms with van der Waals surface area (Å²) < 4.78 is 0. The standard InChI is InChI=1S/C15H24N2O/c1-12(8-10-18)17-15(11-16)9-4-6-13-5-2-3-7-14(13)15/h2-3,5,7,12,17-18H,4,6,8-11,16H2,1H3. The fourth-order valence-electron chi connectivity index (χ4n) is 3.08. The Hall–Kier alpha value is -0.900. The van der Waals surface area contributed by atoms with Crippen molar-refractivity contribution in [1.29, 1.82) is 0 Å². The summed E-state index contributed by atoms with van der Waals surface area (Å²) in [5.74, 6) is 0. The SMILES string of the molecule is CC(CCO)NC1(CN)CCCc2ccccc21. The van der Waals surface area contributed by atoms with E-state index in [4.69, 9.17) is 10.8 Å². The quantitative estimate of drug-likeness (QED) is 0.741. The third-order valence-electron chi connectivity index (χ3n) is 4.02. The molecule has 0 amide bonds. The van der Waals surface area contributed by atoms with Crippen LogP contribution in [-0.4, -0.2) is 24.3 Å². The Morgan fingerprint density at radius 1 is 1.44 bits per heavy atom. The lowest BCUT2D eigenvalue weighted by Gasteiger charge is -2.41. The van der Waals surface area contributed by atoms with Gasteiger partial charge in [-0.2, -0.15) is 0 Å². The van der Waals surface area contributed by atoms with Gasteiger partial charge in [-0.15, -0.1) is 0 Å². The van der Waals surface area contributed by atoms with Gasteiger partial charge in [0.2, 0.25) is 0 Å². The van der Waals surface area contributed by atoms with Crippen LogP contribution in [0.25, 0.3) is 0 Å². The Labute approximate surface area is 109 Å².